The Balaban J connectivity index is 2.13. The molecule has 2 rings (SSSR count). The molecule has 0 saturated carbocycles. The van der Waals surface area contributed by atoms with Crippen LogP contribution in [0.5, 0.6) is 0 Å². The molecule has 0 aliphatic heterocycles. The molecular weight excluding hydrogens is 311 g/mol. The Morgan fingerprint density at radius 2 is 1.79 bits per heavy atom. The van der Waals surface area contributed by atoms with Gasteiger partial charge in [0.25, 0.3) is 5.91 Å². The lowest BCUT2D eigenvalue weighted by Gasteiger charge is -2.22. The van der Waals surface area contributed by atoms with Crippen molar-refractivity contribution in [1.82, 2.24) is 9.88 Å². The predicted molar refractivity (Wildman–Crippen MR) is 86.6 cm³/mol. The van der Waals surface area contributed by atoms with E-state index >= 15 is 0 Å². The lowest BCUT2D eigenvalue weighted by Crippen LogP contribution is -2.33. The molecule has 24 heavy (non-hydrogen) atoms. The molecule has 1 aromatic heterocycles. The molecule has 6 heteroatoms. The summed E-state index contributed by atoms with van der Waals surface area (Å²) in [5.41, 5.74) is 1.26. The van der Waals surface area contributed by atoms with Gasteiger partial charge in [-0.3, -0.25) is 14.6 Å². The zero-order valence-electron chi connectivity index (χ0n) is 13.4. The molecule has 0 radical (unpaired) electrons. The van der Waals surface area contributed by atoms with E-state index in [9.17, 15) is 14.0 Å². The molecule has 0 fully saturated rings. The van der Waals surface area contributed by atoms with Gasteiger partial charge in [-0.25, -0.2) is 4.39 Å². The summed E-state index contributed by atoms with van der Waals surface area (Å²) in [5, 5.41) is 0. The number of rotatable bonds is 7. The quantitative estimate of drug-likeness (QED) is 0.733. The minimum Gasteiger partial charge on any atom is -0.466 e. The molecule has 0 N–H and O–H groups in total. The summed E-state index contributed by atoms with van der Waals surface area (Å²) >= 11 is 0. The standard InChI is InChI=1S/C18H19FN2O3/c1-2-24-17(22)9-12-21(13-14-7-10-20-11-8-14)18(23)15-3-5-16(19)6-4-15/h3-8,10-11H,2,9,12-13H2,1H3. The molecular formula is C18H19FN2O3. The summed E-state index contributed by atoms with van der Waals surface area (Å²) in [6.07, 6.45) is 3.38. The van der Waals surface area contributed by atoms with Crippen molar-refractivity contribution in [3.8, 4) is 0 Å². The first-order valence-electron chi connectivity index (χ1n) is 7.69. The first-order chi connectivity index (χ1) is 11.6. The number of ether oxygens (including phenoxy) is 1. The summed E-state index contributed by atoms with van der Waals surface area (Å²) in [4.78, 5) is 29.7. The smallest absolute Gasteiger partial charge is 0.307 e. The maximum absolute atomic E-state index is 13.0. The normalized spacial score (nSPS) is 10.2. The maximum Gasteiger partial charge on any atom is 0.307 e. The van der Waals surface area contributed by atoms with Crippen molar-refractivity contribution in [1.29, 1.82) is 0 Å². The summed E-state index contributed by atoms with van der Waals surface area (Å²) in [6, 6.07) is 8.94. The van der Waals surface area contributed by atoms with Gasteiger partial charge in [0.2, 0.25) is 0 Å². The zero-order chi connectivity index (χ0) is 17.4. The van der Waals surface area contributed by atoms with Crippen molar-refractivity contribution in [2.75, 3.05) is 13.2 Å². The number of hydrogen-bond donors (Lipinski definition) is 0. The van der Waals surface area contributed by atoms with Gasteiger partial charge >= 0.3 is 5.97 Å². The summed E-state index contributed by atoms with van der Waals surface area (Å²) in [5.74, 6) is -1.03. The van der Waals surface area contributed by atoms with E-state index in [4.69, 9.17) is 4.74 Å². The van der Waals surface area contributed by atoms with E-state index < -0.39 is 5.82 Å². The lowest BCUT2D eigenvalue weighted by atomic mass is 10.1. The van der Waals surface area contributed by atoms with Crippen LogP contribution in [0.4, 0.5) is 4.39 Å². The average molecular weight is 330 g/mol. The monoisotopic (exact) mass is 330 g/mol. The molecule has 0 atom stereocenters. The van der Waals surface area contributed by atoms with E-state index in [-0.39, 0.29) is 24.8 Å². The van der Waals surface area contributed by atoms with Gasteiger partial charge in [0.15, 0.2) is 0 Å². The van der Waals surface area contributed by atoms with E-state index in [2.05, 4.69) is 4.98 Å². The van der Waals surface area contributed by atoms with Crippen molar-refractivity contribution in [2.24, 2.45) is 0 Å². The third-order valence-electron chi connectivity index (χ3n) is 3.39. The number of esters is 1. The Labute approximate surface area is 140 Å². The first-order valence-corrected chi connectivity index (χ1v) is 7.69. The minimum atomic E-state index is -0.404. The molecule has 1 aromatic carbocycles. The largest absolute Gasteiger partial charge is 0.466 e. The predicted octanol–water partition coefficient (Wildman–Crippen LogP) is 2.82. The average Bonchev–Trinajstić information content (AvgIpc) is 2.60. The van der Waals surface area contributed by atoms with Gasteiger partial charge < -0.3 is 9.64 Å². The Morgan fingerprint density at radius 3 is 2.42 bits per heavy atom. The van der Waals surface area contributed by atoms with Crippen LogP contribution in [-0.2, 0) is 16.1 Å². The number of hydrogen-bond acceptors (Lipinski definition) is 4. The van der Waals surface area contributed by atoms with Crippen molar-refractivity contribution < 1.29 is 18.7 Å². The van der Waals surface area contributed by atoms with Crippen LogP contribution in [0, 0.1) is 5.82 Å². The lowest BCUT2D eigenvalue weighted by molar-refractivity contribution is -0.143. The number of aromatic nitrogens is 1. The van der Waals surface area contributed by atoms with Crippen molar-refractivity contribution in [3.05, 3.63) is 65.7 Å². The number of nitrogens with zero attached hydrogens (tertiary/aromatic N) is 2. The topological polar surface area (TPSA) is 59.5 Å². The third-order valence-corrected chi connectivity index (χ3v) is 3.39. The number of benzene rings is 1. The number of halogens is 1. The molecule has 0 unspecified atom stereocenters. The molecule has 0 aliphatic rings. The van der Waals surface area contributed by atoms with Crippen LogP contribution in [-0.4, -0.2) is 34.9 Å². The molecule has 1 heterocycles. The van der Waals surface area contributed by atoms with E-state index in [0.29, 0.717) is 18.7 Å². The second-order valence-electron chi connectivity index (χ2n) is 5.14. The SMILES string of the molecule is CCOC(=O)CCN(Cc1ccncc1)C(=O)c1ccc(F)cc1. The molecule has 0 aliphatic carbocycles. The molecule has 0 saturated heterocycles. The molecule has 5 nitrogen and oxygen atoms in total. The highest BCUT2D eigenvalue weighted by Crippen LogP contribution is 2.11. The third kappa shape index (κ3) is 5.15. The highest BCUT2D eigenvalue weighted by Gasteiger charge is 2.18. The van der Waals surface area contributed by atoms with Gasteiger partial charge in [-0.2, -0.15) is 0 Å². The van der Waals surface area contributed by atoms with Gasteiger partial charge in [-0.05, 0) is 48.9 Å². The van der Waals surface area contributed by atoms with Crippen molar-refractivity contribution >= 4 is 11.9 Å². The Kier molecular flexibility index (Phi) is 6.42. The summed E-state index contributed by atoms with van der Waals surface area (Å²) in [6.45, 7) is 2.58. The number of carbonyl (C=O) groups excluding carboxylic acids is 2. The summed E-state index contributed by atoms with van der Waals surface area (Å²) in [7, 11) is 0. The Hall–Kier alpha value is -2.76. The number of amides is 1. The second kappa shape index (κ2) is 8.76. The van der Waals surface area contributed by atoms with Gasteiger partial charge in [0, 0.05) is 31.0 Å². The Bertz CT molecular complexity index is 674. The van der Waals surface area contributed by atoms with Crippen molar-refractivity contribution in [2.45, 2.75) is 19.9 Å². The van der Waals surface area contributed by atoms with Crippen LogP contribution >= 0.6 is 0 Å². The molecule has 0 spiro atoms. The molecule has 1 amide bonds. The fourth-order valence-electron chi connectivity index (χ4n) is 2.20. The highest BCUT2D eigenvalue weighted by atomic mass is 19.1. The van der Waals surface area contributed by atoms with Gasteiger partial charge in [-0.15, -0.1) is 0 Å². The van der Waals surface area contributed by atoms with E-state index in [0.717, 1.165) is 5.56 Å². The highest BCUT2D eigenvalue weighted by molar-refractivity contribution is 5.94. The van der Waals surface area contributed by atoms with Crippen LogP contribution < -0.4 is 0 Å². The van der Waals surface area contributed by atoms with Gasteiger partial charge in [-0.1, -0.05) is 0 Å². The molecule has 2 aromatic rings. The molecule has 126 valence electrons. The fourth-order valence-corrected chi connectivity index (χ4v) is 2.20. The zero-order valence-corrected chi connectivity index (χ0v) is 13.4. The van der Waals surface area contributed by atoms with Gasteiger partial charge in [0.05, 0.1) is 13.0 Å². The second-order valence-corrected chi connectivity index (χ2v) is 5.14. The fraction of sp³-hybridized carbons (Fsp3) is 0.278. The van der Waals surface area contributed by atoms with Crippen LogP contribution in [0.25, 0.3) is 0 Å². The Morgan fingerprint density at radius 1 is 1.12 bits per heavy atom. The number of pyridine rings is 1. The van der Waals surface area contributed by atoms with Crippen LogP contribution in [0.15, 0.2) is 48.8 Å². The van der Waals surface area contributed by atoms with E-state index in [1.54, 1.807) is 36.4 Å². The first kappa shape index (κ1) is 17.6. The maximum atomic E-state index is 13.0. The van der Waals surface area contributed by atoms with E-state index in [1.807, 2.05) is 0 Å². The van der Waals surface area contributed by atoms with Crippen molar-refractivity contribution in [3.63, 3.8) is 0 Å². The van der Waals surface area contributed by atoms with Crippen LogP contribution in [0.2, 0.25) is 0 Å². The van der Waals surface area contributed by atoms with Gasteiger partial charge in [0.1, 0.15) is 5.82 Å². The summed E-state index contributed by atoms with van der Waals surface area (Å²) < 4.78 is 18.0. The van der Waals surface area contributed by atoms with E-state index in [1.165, 1.54) is 24.3 Å². The van der Waals surface area contributed by atoms with Crippen LogP contribution in [0.1, 0.15) is 29.3 Å². The van der Waals surface area contributed by atoms with Crippen LogP contribution in [0.3, 0.4) is 0 Å². The molecule has 0 bridgehead atoms. The minimum absolute atomic E-state index is 0.103. The number of carbonyl (C=O) groups is 2.